The number of fused-ring (bicyclic) bond motifs is 1. The van der Waals surface area contributed by atoms with E-state index in [0.29, 0.717) is 31.6 Å². The number of benzene rings is 2. The number of likely N-dealkylation sites (tertiary alicyclic amines) is 1. The predicted molar refractivity (Wildman–Crippen MR) is 172 cm³/mol. The Hall–Kier alpha value is -3.00. The van der Waals surface area contributed by atoms with Crippen LogP contribution in [0.2, 0.25) is 5.02 Å². The van der Waals surface area contributed by atoms with Gasteiger partial charge in [0.2, 0.25) is 0 Å². The summed E-state index contributed by atoms with van der Waals surface area (Å²) in [6, 6.07) is 9.64. The molecule has 2 aromatic carbocycles. The number of pyridine rings is 1. The molecule has 2 saturated heterocycles. The Labute approximate surface area is 316 Å². The minimum absolute atomic E-state index is 0. The van der Waals surface area contributed by atoms with E-state index in [1.807, 2.05) is 30.3 Å². The van der Waals surface area contributed by atoms with E-state index in [1.165, 1.54) is 0 Å². The standard InChI is InChI=1S/C36H39ClF2N2O8.Na/c1-35(2,3)49-34(44)41-14-9-12-26(41)36(21-10-5-4-6-11-21)19-22-25(48-36)18-24(38)30(37)28(22)29-23(33(42)43)20-40-32(31(29)39)47-17-16-46-27-13-7-8-15-45-27;/h4-6,10-11,18,20,26-27H,7-9,12-17,19H2,1-3H3,(H,42,43);/q;+1/p-1/t26-,27-,36-;/m0./s1. The van der Waals surface area contributed by atoms with Crippen LogP contribution in [-0.2, 0) is 26.2 Å². The Morgan fingerprint density at radius 3 is 2.54 bits per heavy atom. The number of halogens is 3. The van der Waals surface area contributed by atoms with Gasteiger partial charge in [-0.05, 0) is 58.4 Å². The Balaban J connectivity index is 0.00000486. The van der Waals surface area contributed by atoms with Crippen molar-refractivity contribution >= 4 is 23.7 Å². The molecule has 3 aliphatic rings. The SMILES string of the molecule is CC(C)(C)OC(=O)N1CCC[C@H]1[C@@]1(c2ccccc2)Cc2c(cc(F)c(Cl)c2-c2c(C(=O)[O-])cnc(OCCO[C@H]3CCCCO3)c2F)O1.[Na+]. The van der Waals surface area contributed by atoms with Gasteiger partial charge in [-0.3, -0.25) is 0 Å². The average Bonchev–Trinajstić information content (AvgIpc) is 3.71. The van der Waals surface area contributed by atoms with Crippen molar-refractivity contribution in [2.75, 3.05) is 26.4 Å². The molecule has 0 spiro atoms. The number of carboxylic acid groups (broad SMARTS) is 1. The molecule has 4 heterocycles. The normalized spacial score (nSPS) is 21.6. The summed E-state index contributed by atoms with van der Waals surface area (Å²) >= 11 is 6.59. The molecule has 0 bridgehead atoms. The van der Waals surface area contributed by atoms with E-state index in [1.54, 1.807) is 25.7 Å². The largest absolute Gasteiger partial charge is 1.00 e. The number of amides is 1. The monoisotopic (exact) mass is 722 g/mol. The fraction of sp³-hybridized carbons (Fsp3) is 0.472. The van der Waals surface area contributed by atoms with Gasteiger partial charge in [-0.15, -0.1) is 0 Å². The van der Waals surface area contributed by atoms with Crippen LogP contribution in [0.15, 0.2) is 42.6 Å². The summed E-state index contributed by atoms with van der Waals surface area (Å²) in [5, 5.41) is 11.8. The van der Waals surface area contributed by atoms with Crippen LogP contribution in [0.1, 0.15) is 74.4 Å². The first-order valence-corrected chi connectivity index (χ1v) is 16.8. The molecule has 262 valence electrons. The van der Waals surface area contributed by atoms with E-state index in [4.69, 9.17) is 35.3 Å². The Bertz CT molecular complexity index is 1720. The zero-order valence-electron chi connectivity index (χ0n) is 28.6. The third-order valence-electron chi connectivity index (χ3n) is 8.92. The fourth-order valence-electron chi connectivity index (χ4n) is 6.84. The van der Waals surface area contributed by atoms with Gasteiger partial charge in [0, 0.05) is 54.1 Å². The summed E-state index contributed by atoms with van der Waals surface area (Å²) in [6.45, 7) is 6.24. The van der Waals surface area contributed by atoms with Crippen LogP contribution in [0.5, 0.6) is 11.6 Å². The molecule has 1 aromatic heterocycles. The zero-order chi connectivity index (χ0) is 34.9. The summed E-state index contributed by atoms with van der Waals surface area (Å²) in [7, 11) is 0. The second-order valence-corrected chi connectivity index (χ2v) is 13.7. The number of hydrogen-bond donors (Lipinski definition) is 0. The van der Waals surface area contributed by atoms with Crippen LogP contribution in [0.3, 0.4) is 0 Å². The maximum Gasteiger partial charge on any atom is 1.00 e. The summed E-state index contributed by atoms with van der Waals surface area (Å²) < 4.78 is 61.3. The fourth-order valence-corrected chi connectivity index (χ4v) is 7.11. The molecule has 10 nitrogen and oxygen atoms in total. The van der Waals surface area contributed by atoms with Crippen molar-refractivity contribution in [1.82, 2.24) is 9.88 Å². The number of carboxylic acids is 1. The van der Waals surface area contributed by atoms with Crippen molar-refractivity contribution in [3.63, 3.8) is 0 Å². The third-order valence-corrected chi connectivity index (χ3v) is 9.29. The average molecular weight is 723 g/mol. The maximum absolute atomic E-state index is 16.4. The Kier molecular flexibility index (Phi) is 12.0. The van der Waals surface area contributed by atoms with Gasteiger partial charge in [0.05, 0.1) is 23.6 Å². The number of rotatable bonds is 9. The number of carbonyl (C=O) groups is 2. The van der Waals surface area contributed by atoms with Crippen molar-refractivity contribution in [3.05, 3.63) is 75.9 Å². The first kappa shape index (κ1) is 38.2. The molecular weight excluding hydrogens is 685 g/mol. The molecule has 1 amide bonds. The van der Waals surface area contributed by atoms with E-state index >= 15 is 8.78 Å². The minimum Gasteiger partial charge on any atom is -0.545 e. The number of hydrogen-bond acceptors (Lipinski definition) is 9. The molecule has 14 heteroatoms. The number of ether oxygens (including phenoxy) is 5. The third kappa shape index (κ3) is 7.75. The van der Waals surface area contributed by atoms with Crippen molar-refractivity contribution in [2.45, 2.75) is 82.8 Å². The van der Waals surface area contributed by atoms with Crippen molar-refractivity contribution in [1.29, 1.82) is 0 Å². The molecule has 0 aliphatic carbocycles. The van der Waals surface area contributed by atoms with E-state index in [0.717, 1.165) is 31.5 Å². The number of nitrogens with zero attached hydrogens (tertiary/aromatic N) is 2. The van der Waals surface area contributed by atoms with Crippen molar-refractivity contribution in [3.8, 4) is 22.8 Å². The second-order valence-electron chi connectivity index (χ2n) is 13.4. The van der Waals surface area contributed by atoms with E-state index in [2.05, 4.69) is 4.98 Å². The van der Waals surface area contributed by atoms with Gasteiger partial charge in [0.25, 0.3) is 5.88 Å². The van der Waals surface area contributed by atoms with Crippen LogP contribution in [-0.4, -0.2) is 66.2 Å². The van der Waals surface area contributed by atoms with Crippen LogP contribution >= 0.6 is 11.6 Å². The predicted octanol–water partition coefficient (Wildman–Crippen LogP) is 3.20. The van der Waals surface area contributed by atoms with Crippen LogP contribution in [0.25, 0.3) is 11.1 Å². The number of carbonyl (C=O) groups excluding carboxylic acids is 2. The topological polar surface area (TPSA) is 119 Å². The van der Waals surface area contributed by atoms with Crippen LogP contribution in [0, 0.1) is 11.6 Å². The van der Waals surface area contributed by atoms with Crippen LogP contribution in [0.4, 0.5) is 13.6 Å². The molecule has 3 aliphatic heterocycles. The maximum atomic E-state index is 16.4. The molecule has 50 heavy (non-hydrogen) atoms. The molecule has 6 rings (SSSR count). The Morgan fingerprint density at radius 2 is 1.86 bits per heavy atom. The van der Waals surface area contributed by atoms with Gasteiger partial charge in [0.15, 0.2) is 17.7 Å². The first-order chi connectivity index (χ1) is 23.4. The molecule has 0 N–H and O–H groups in total. The number of aromatic carboxylic acids is 1. The molecule has 0 saturated carbocycles. The quantitative estimate of drug-likeness (QED) is 0.242. The van der Waals surface area contributed by atoms with Gasteiger partial charge >= 0.3 is 35.7 Å². The van der Waals surface area contributed by atoms with Gasteiger partial charge in [-0.2, -0.15) is 0 Å². The van der Waals surface area contributed by atoms with Crippen molar-refractivity contribution in [2.24, 2.45) is 0 Å². The van der Waals surface area contributed by atoms with E-state index in [-0.39, 0.29) is 66.1 Å². The molecule has 0 unspecified atom stereocenters. The molecule has 3 aromatic rings. The summed E-state index contributed by atoms with van der Waals surface area (Å²) in [5.41, 5.74) is -2.55. The second kappa shape index (κ2) is 15.7. The Morgan fingerprint density at radius 1 is 1.10 bits per heavy atom. The smallest absolute Gasteiger partial charge is 0.545 e. The van der Waals surface area contributed by atoms with Crippen LogP contribution < -0.4 is 44.1 Å². The summed E-state index contributed by atoms with van der Waals surface area (Å²) in [4.78, 5) is 31.3. The van der Waals surface area contributed by atoms with Gasteiger partial charge < -0.3 is 38.5 Å². The molecule has 0 radical (unpaired) electrons. The van der Waals surface area contributed by atoms with Gasteiger partial charge in [0.1, 0.15) is 23.8 Å². The summed E-state index contributed by atoms with van der Waals surface area (Å²) in [5.74, 6) is -4.37. The molecule has 2 fully saturated rings. The first-order valence-electron chi connectivity index (χ1n) is 16.4. The molecule has 3 atom stereocenters. The van der Waals surface area contributed by atoms with Crippen molar-refractivity contribution < 1.29 is 76.7 Å². The number of aromatic nitrogens is 1. The van der Waals surface area contributed by atoms with Gasteiger partial charge in [-0.25, -0.2) is 18.6 Å². The van der Waals surface area contributed by atoms with E-state index in [9.17, 15) is 14.7 Å². The van der Waals surface area contributed by atoms with Gasteiger partial charge in [-0.1, -0.05) is 41.9 Å². The summed E-state index contributed by atoms with van der Waals surface area (Å²) in [6.07, 6.45) is 3.76. The zero-order valence-corrected chi connectivity index (χ0v) is 31.3. The minimum atomic E-state index is -1.75. The molecular formula is C36H38ClF2N2NaO8. The van der Waals surface area contributed by atoms with E-state index < -0.39 is 69.3 Å².